The Morgan fingerprint density at radius 3 is 2.50 bits per heavy atom. The van der Waals surface area contributed by atoms with Crippen molar-refractivity contribution in [2.45, 2.75) is 42.7 Å². The number of hydrazine groups is 1. The summed E-state index contributed by atoms with van der Waals surface area (Å²) in [6.45, 7) is 5.60. The second kappa shape index (κ2) is 8.15. The summed E-state index contributed by atoms with van der Waals surface area (Å²) in [6, 6.07) is 10.2. The lowest BCUT2D eigenvalue weighted by atomic mass is 9.95. The highest BCUT2D eigenvalue weighted by atomic mass is 79.9. The number of halogens is 2. The summed E-state index contributed by atoms with van der Waals surface area (Å²) in [5.74, 6) is 0.781. The van der Waals surface area contributed by atoms with Crippen molar-refractivity contribution in [3.05, 3.63) is 35.9 Å². The van der Waals surface area contributed by atoms with Gasteiger partial charge in [0.05, 0.1) is 4.83 Å². The Labute approximate surface area is 158 Å². The largest absolute Gasteiger partial charge is 0.339 e. The zero-order valence-corrected chi connectivity index (χ0v) is 16.4. The summed E-state index contributed by atoms with van der Waals surface area (Å²) in [5.41, 5.74) is 13.9. The molecule has 5 nitrogen and oxygen atoms in total. The Hall–Kier alpha value is -0.660. The van der Waals surface area contributed by atoms with E-state index < -0.39 is 0 Å². The molecule has 2 saturated heterocycles. The van der Waals surface area contributed by atoms with Crippen LogP contribution >= 0.6 is 28.3 Å². The van der Waals surface area contributed by atoms with E-state index in [9.17, 15) is 4.79 Å². The third kappa shape index (κ3) is 3.78. The fraction of sp³-hybridized carbons (Fsp3) is 0.588. The zero-order chi connectivity index (χ0) is 16.6. The molecule has 0 aliphatic carbocycles. The van der Waals surface area contributed by atoms with Crippen molar-refractivity contribution in [3.63, 3.8) is 0 Å². The molecule has 2 aliphatic rings. The first kappa shape index (κ1) is 19.7. The molecule has 0 spiro atoms. The van der Waals surface area contributed by atoms with Crippen LogP contribution in [0.5, 0.6) is 0 Å². The van der Waals surface area contributed by atoms with Crippen LogP contribution in [0.3, 0.4) is 0 Å². The summed E-state index contributed by atoms with van der Waals surface area (Å²) in [7, 11) is 0. The molecule has 5 atom stereocenters. The van der Waals surface area contributed by atoms with Crippen molar-refractivity contribution < 1.29 is 4.79 Å². The molecule has 2 aliphatic heterocycles. The summed E-state index contributed by atoms with van der Waals surface area (Å²) >= 11 is 3.69. The highest BCUT2D eigenvalue weighted by molar-refractivity contribution is 9.09. The Kier molecular flexibility index (Phi) is 6.67. The van der Waals surface area contributed by atoms with Gasteiger partial charge in [-0.1, -0.05) is 60.1 Å². The number of hydrogen-bond donors (Lipinski definition) is 3. The number of amides is 1. The van der Waals surface area contributed by atoms with Gasteiger partial charge in [-0.25, -0.2) is 5.43 Å². The SMILES string of the molecule is CC(C)C1NNC(C(=O)N2C[C@@H](N)[C@H](c3ccccc3)C2)C1Br.Cl. The molecule has 2 heterocycles. The van der Waals surface area contributed by atoms with Gasteiger partial charge in [0.25, 0.3) is 0 Å². The Bertz CT molecular complexity index is 559. The number of nitrogens with one attached hydrogen (secondary N) is 2. The third-order valence-corrected chi connectivity index (χ3v) is 6.05. The average Bonchev–Trinajstić information content (AvgIpc) is 3.11. The van der Waals surface area contributed by atoms with Crippen LogP contribution in [-0.4, -0.2) is 46.8 Å². The molecule has 0 bridgehead atoms. The van der Waals surface area contributed by atoms with E-state index in [1.807, 2.05) is 23.1 Å². The van der Waals surface area contributed by atoms with Gasteiger partial charge in [-0.2, -0.15) is 0 Å². The minimum atomic E-state index is -0.246. The van der Waals surface area contributed by atoms with E-state index >= 15 is 0 Å². The molecule has 4 N–H and O–H groups in total. The maximum Gasteiger partial charge on any atom is 0.242 e. The predicted octanol–water partition coefficient (Wildman–Crippen LogP) is 1.63. The summed E-state index contributed by atoms with van der Waals surface area (Å²) in [6.07, 6.45) is 0. The number of nitrogens with two attached hydrogens (primary N) is 1. The second-order valence-corrected chi connectivity index (χ2v) is 7.96. The van der Waals surface area contributed by atoms with Crippen molar-refractivity contribution in [2.75, 3.05) is 13.1 Å². The molecule has 24 heavy (non-hydrogen) atoms. The molecule has 1 amide bonds. The van der Waals surface area contributed by atoms with E-state index in [0.717, 1.165) is 0 Å². The van der Waals surface area contributed by atoms with Gasteiger partial charge in [-0.15, -0.1) is 12.4 Å². The molecular weight excluding hydrogens is 392 g/mol. The van der Waals surface area contributed by atoms with Crippen LogP contribution in [-0.2, 0) is 4.79 Å². The summed E-state index contributed by atoms with van der Waals surface area (Å²) < 4.78 is 0. The number of nitrogens with zero attached hydrogens (tertiary/aromatic N) is 1. The van der Waals surface area contributed by atoms with Crippen molar-refractivity contribution in [3.8, 4) is 0 Å². The molecule has 0 saturated carbocycles. The number of hydrogen-bond acceptors (Lipinski definition) is 4. The van der Waals surface area contributed by atoms with Crippen LogP contribution in [0.2, 0.25) is 0 Å². The van der Waals surface area contributed by atoms with Crippen LogP contribution in [0.25, 0.3) is 0 Å². The fourth-order valence-corrected chi connectivity index (χ4v) is 4.64. The molecule has 1 aromatic rings. The van der Waals surface area contributed by atoms with Crippen molar-refractivity contribution in [1.82, 2.24) is 15.8 Å². The van der Waals surface area contributed by atoms with Crippen LogP contribution in [0.4, 0.5) is 0 Å². The van der Waals surface area contributed by atoms with Crippen molar-refractivity contribution in [2.24, 2.45) is 11.7 Å². The minimum Gasteiger partial charge on any atom is -0.339 e. The van der Waals surface area contributed by atoms with Crippen LogP contribution in [0.1, 0.15) is 25.3 Å². The molecule has 134 valence electrons. The van der Waals surface area contributed by atoms with Crippen LogP contribution in [0, 0.1) is 5.92 Å². The van der Waals surface area contributed by atoms with Gasteiger partial charge >= 0.3 is 0 Å². The summed E-state index contributed by atoms with van der Waals surface area (Å²) in [5, 5.41) is 0. The molecule has 2 fully saturated rings. The quantitative estimate of drug-likeness (QED) is 0.654. The lowest BCUT2D eigenvalue weighted by Gasteiger charge is -2.23. The van der Waals surface area contributed by atoms with Crippen molar-refractivity contribution >= 4 is 34.2 Å². The minimum absolute atomic E-state index is 0. The monoisotopic (exact) mass is 416 g/mol. The van der Waals surface area contributed by atoms with E-state index in [0.29, 0.717) is 19.0 Å². The maximum atomic E-state index is 12.9. The summed E-state index contributed by atoms with van der Waals surface area (Å²) in [4.78, 5) is 14.9. The zero-order valence-electron chi connectivity index (χ0n) is 14.0. The first-order chi connectivity index (χ1) is 11.0. The number of likely N-dealkylation sites (tertiary alicyclic amines) is 1. The van der Waals surface area contributed by atoms with E-state index in [1.54, 1.807) is 0 Å². The molecule has 1 aromatic carbocycles. The fourth-order valence-electron chi connectivity index (χ4n) is 3.54. The Morgan fingerprint density at radius 2 is 1.92 bits per heavy atom. The highest BCUT2D eigenvalue weighted by Gasteiger charge is 2.44. The second-order valence-electron chi connectivity index (χ2n) is 6.90. The number of alkyl halides is 1. The van der Waals surface area contributed by atoms with Gasteiger partial charge in [0, 0.05) is 31.1 Å². The Morgan fingerprint density at radius 1 is 1.25 bits per heavy atom. The predicted molar refractivity (Wildman–Crippen MR) is 102 cm³/mol. The van der Waals surface area contributed by atoms with E-state index in [1.165, 1.54) is 5.56 Å². The van der Waals surface area contributed by atoms with E-state index in [-0.39, 0.29) is 47.2 Å². The maximum absolute atomic E-state index is 12.9. The lowest BCUT2D eigenvalue weighted by Crippen LogP contribution is -2.48. The smallest absolute Gasteiger partial charge is 0.242 e. The number of benzene rings is 1. The van der Waals surface area contributed by atoms with E-state index in [2.05, 4.69) is 52.8 Å². The molecule has 7 heteroatoms. The molecular formula is C17H26BrClN4O. The molecule has 0 aromatic heterocycles. The van der Waals surface area contributed by atoms with Gasteiger partial charge in [0.2, 0.25) is 5.91 Å². The van der Waals surface area contributed by atoms with Crippen molar-refractivity contribution in [1.29, 1.82) is 0 Å². The normalized spacial score (nSPS) is 32.9. The first-order valence-corrected chi connectivity index (χ1v) is 9.15. The van der Waals surface area contributed by atoms with Gasteiger partial charge in [0.15, 0.2) is 0 Å². The van der Waals surface area contributed by atoms with E-state index in [4.69, 9.17) is 5.73 Å². The molecule has 0 radical (unpaired) electrons. The molecule has 3 unspecified atom stereocenters. The van der Waals surface area contributed by atoms with Crippen LogP contribution < -0.4 is 16.6 Å². The standard InChI is InChI=1S/C17H25BrN4O.ClH/c1-10(2)15-14(18)16(21-20-15)17(23)22-8-12(13(19)9-22)11-6-4-3-5-7-11;/h3-7,10,12-16,20-21H,8-9,19H2,1-2H3;1H/t12-,13+,14?,15?,16?;/m0./s1. The van der Waals surface area contributed by atoms with Gasteiger partial charge < -0.3 is 10.6 Å². The third-order valence-electron chi connectivity index (χ3n) is 4.96. The average molecular weight is 418 g/mol. The number of rotatable bonds is 3. The lowest BCUT2D eigenvalue weighted by molar-refractivity contribution is -0.132. The molecule has 3 rings (SSSR count). The van der Waals surface area contributed by atoms with Gasteiger partial charge in [-0.05, 0) is 11.5 Å². The van der Waals surface area contributed by atoms with Gasteiger partial charge in [0.1, 0.15) is 6.04 Å². The highest BCUT2D eigenvalue weighted by Crippen LogP contribution is 2.29. The topological polar surface area (TPSA) is 70.4 Å². The van der Waals surface area contributed by atoms with Gasteiger partial charge in [-0.3, -0.25) is 10.2 Å². The Balaban J connectivity index is 0.00000208. The van der Waals surface area contributed by atoms with Crippen LogP contribution in [0.15, 0.2) is 30.3 Å². The first-order valence-electron chi connectivity index (χ1n) is 8.23. The number of carbonyl (C=O) groups excluding carboxylic acids is 1. The number of carbonyl (C=O) groups is 1.